The number of piperidine rings is 1. The molecule has 1 aromatic rings. The lowest BCUT2D eigenvalue weighted by Crippen LogP contribution is -2.41. The molecule has 1 N–H and O–H groups in total. The third kappa shape index (κ3) is 6.41. The number of halogens is 1. The van der Waals surface area contributed by atoms with Crippen molar-refractivity contribution in [2.45, 2.75) is 24.7 Å². The highest BCUT2D eigenvalue weighted by atomic mass is 79.9. The van der Waals surface area contributed by atoms with E-state index in [4.69, 9.17) is 0 Å². The molecule has 3 nitrogen and oxygen atoms in total. The number of hydrogen-bond donors (Lipinski definition) is 1. The molecule has 21 heavy (non-hydrogen) atoms. The van der Waals surface area contributed by atoms with Crippen molar-refractivity contribution in [1.29, 1.82) is 0 Å². The van der Waals surface area contributed by atoms with Gasteiger partial charge in [-0.05, 0) is 56.1 Å². The minimum Gasteiger partial charge on any atom is -0.354 e. The van der Waals surface area contributed by atoms with E-state index in [1.54, 1.807) is 11.8 Å². The Bertz CT molecular complexity index is 444. The molecule has 0 aliphatic carbocycles. The van der Waals surface area contributed by atoms with Crippen LogP contribution >= 0.6 is 27.7 Å². The summed E-state index contributed by atoms with van der Waals surface area (Å²) in [6.07, 6.45) is 2.43. The third-order valence-electron chi connectivity index (χ3n) is 3.75. The lowest BCUT2D eigenvalue weighted by Gasteiger charge is -2.29. The zero-order chi connectivity index (χ0) is 15.1. The van der Waals surface area contributed by atoms with Crippen LogP contribution in [0, 0.1) is 5.92 Å². The molecule has 2 rings (SSSR count). The van der Waals surface area contributed by atoms with Crippen LogP contribution in [0.4, 0.5) is 0 Å². The van der Waals surface area contributed by atoms with E-state index in [0.29, 0.717) is 6.54 Å². The van der Waals surface area contributed by atoms with Crippen molar-refractivity contribution in [1.82, 2.24) is 10.2 Å². The third-order valence-corrected chi connectivity index (χ3v) is 5.29. The molecule has 116 valence electrons. The van der Waals surface area contributed by atoms with Crippen molar-refractivity contribution in [2.24, 2.45) is 5.92 Å². The second-order valence-corrected chi connectivity index (χ2v) is 7.70. The van der Waals surface area contributed by atoms with Crippen molar-refractivity contribution in [2.75, 3.05) is 31.9 Å². The molecule has 1 saturated heterocycles. The first kappa shape index (κ1) is 16.8. The monoisotopic (exact) mass is 370 g/mol. The van der Waals surface area contributed by atoms with Crippen LogP contribution in [0.25, 0.3) is 0 Å². The Hall–Kier alpha value is -0.520. The second kappa shape index (κ2) is 8.81. The summed E-state index contributed by atoms with van der Waals surface area (Å²) < 4.78 is 1.09. The van der Waals surface area contributed by atoms with Gasteiger partial charge >= 0.3 is 0 Å². The number of nitrogens with zero attached hydrogens (tertiary/aromatic N) is 1. The summed E-state index contributed by atoms with van der Waals surface area (Å²) in [5.41, 5.74) is 0. The van der Waals surface area contributed by atoms with Gasteiger partial charge in [-0.2, -0.15) is 0 Å². The van der Waals surface area contributed by atoms with Gasteiger partial charge in [0, 0.05) is 21.7 Å². The topological polar surface area (TPSA) is 32.3 Å². The van der Waals surface area contributed by atoms with Crippen molar-refractivity contribution in [3.8, 4) is 0 Å². The molecule has 1 amide bonds. The zero-order valence-electron chi connectivity index (χ0n) is 12.5. The molecular formula is C16H23BrN2OS. The predicted octanol–water partition coefficient (Wildman–Crippen LogP) is 3.39. The summed E-state index contributed by atoms with van der Waals surface area (Å²) in [7, 11) is 0. The lowest BCUT2D eigenvalue weighted by atomic mass is 9.99. The van der Waals surface area contributed by atoms with Gasteiger partial charge in [0.05, 0.1) is 6.54 Å². The number of likely N-dealkylation sites (tertiary alicyclic amines) is 1. The molecule has 0 saturated carbocycles. The summed E-state index contributed by atoms with van der Waals surface area (Å²) in [5, 5.41) is 3.01. The van der Waals surface area contributed by atoms with E-state index in [9.17, 15) is 4.79 Å². The average Bonchev–Trinajstić information content (AvgIpc) is 2.48. The van der Waals surface area contributed by atoms with Crippen LogP contribution in [0.2, 0.25) is 0 Å². The number of nitrogens with one attached hydrogen (secondary N) is 1. The number of rotatable bonds is 6. The standard InChI is InChI=1S/C16H23BrN2OS/c1-13-6-9-19(10-7-13)12-16(20)18-8-11-21-15-4-2-14(17)3-5-15/h2-5,13H,6-12H2,1H3,(H,18,20). The molecule has 1 aliphatic heterocycles. The van der Waals surface area contributed by atoms with E-state index in [1.807, 2.05) is 12.1 Å². The number of carbonyl (C=O) groups is 1. The van der Waals surface area contributed by atoms with Crippen LogP contribution in [-0.4, -0.2) is 42.7 Å². The molecule has 0 spiro atoms. The van der Waals surface area contributed by atoms with E-state index in [-0.39, 0.29) is 5.91 Å². The molecule has 0 bridgehead atoms. The average molecular weight is 371 g/mol. The molecule has 0 aromatic heterocycles. The van der Waals surface area contributed by atoms with Gasteiger partial charge in [0.15, 0.2) is 0 Å². The SMILES string of the molecule is CC1CCN(CC(=O)NCCSc2ccc(Br)cc2)CC1. The fourth-order valence-electron chi connectivity index (χ4n) is 2.37. The van der Waals surface area contributed by atoms with Crippen molar-refractivity contribution in [3.05, 3.63) is 28.7 Å². The lowest BCUT2D eigenvalue weighted by molar-refractivity contribution is -0.122. The van der Waals surface area contributed by atoms with Crippen LogP contribution in [0.15, 0.2) is 33.6 Å². The molecule has 1 aliphatic rings. The first-order chi connectivity index (χ1) is 10.1. The van der Waals surface area contributed by atoms with Crippen LogP contribution in [0.1, 0.15) is 19.8 Å². The fraction of sp³-hybridized carbons (Fsp3) is 0.562. The summed E-state index contributed by atoms with van der Waals surface area (Å²) in [6.45, 7) is 5.68. The van der Waals surface area contributed by atoms with E-state index in [1.165, 1.54) is 17.7 Å². The molecule has 1 fully saturated rings. The predicted molar refractivity (Wildman–Crippen MR) is 92.7 cm³/mol. The van der Waals surface area contributed by atoms with Crippen molar-refractivity contribution in [3.63, 3.8) is 0 Å². The number of thioether (sulfide) groups is 1. The van der Waals surface area contributed by atoms with Crippen LogP contribution in [0.3, 0.4) is 0 Å². The zero-order valence-corrected chi connectivity index (χ0v) is 14.9. The Kier molecular flexibility index (Phi) is 7.07. The van der Waals surface area contributed by atoms with Crippen LogP contribution < -0.4 is 5.32 Å². The quantitative estimate of drug-likeness (QED) is 0.615. The minimum absolute atomic E-state index is 0.154. The van der Waals surface area contributed by atoms with Gasteiger partial charge in [-0.1, -0.05) is 22.9 Å². The highest BCUT2D eigenvalue weighted by Gasteiger charge is 2.17. The Morgan fingerprint density at radius 3 is 2.67 bits per heavy atom. The Balaban J connectivity index is 1.58. The van der Waals surface area contributed by atoms with Gasteiger partial charge in [0.1, 0.15) is 0 Å². The Labute approximate surface area is 140 Å². The van der Waals surface area contributed by atoms with E-state index in [0.717, 1.165) is 35.8 Å². The summed E-state index contributed by atoms with van der Waals surface area (Å²) in [6, 6.07) is 8.26. The van der Waals surface area contributed by atoms with E-state index < -0.39 is 0 Å². The maximum Gasteiger partial charge on any atom is 0.234 e. The molecular weight excluding hydrogens is 348 g/mol. The summed E-state index contributed by atoms with van der Waals surface area (Å²) in [4.78, 5) is 15.4. The fourth-order valence-corrected chi connectivity index (χ4v) is 3.40. The molecule has 0 radical (unpaired) electrons. The smallest absolute Gasteiger partial charge is 0.234 e. The van der Waals surface area contributed by atoms with E-state index >= 15 is 0 Å². The highest BCUT2D eigenvalue weighted by Crippen LogP contribution is 2.20. The van der Waals surface area contributed by atoms with Crippen molar-refractivity contribution < 1.29 is 4.79 Å². The summed E-state index contributed by atoms with van der Waals surface area (Å²) >= 11 is 5.19. The van der Waals surface area contributed by atoms with Gasteiger partial charge in [-0.15, -0.1) is 11.8 Å². The molecule has 0 unspecified atom stereocenters. The molecule has 1 aromatic carbocycles. The van der Waals surface area contributed by atoms with Gasteiger partial charge in [0.2, 0.25) is 5.91 Å². The number of benzene rings is 1. The summed E-state index contributed by atoms with van der Waals surface area (Å²) in [5.74, 6) is 1.87. The van der Waals surface area contributed by atoms with Crippen LogP contribution in [0.5, 0.6) is 0 Å². The Morgan fingerprint density at radius 2 is 2.00 bits per heavy atom. The Morgan fingerprint density at radius 1 is 1.33 bits per heavy atom. The molecule has 1 heterocycles. The molecule has 5 heteroatoms. The maximum atomic E-state index is 11.9. The largest absolute Gasteiger partial charge is 0.354 e. The van der Waals surface area contributed by atoms with Gasteiger partial charge in [-0.25, -0.2) is 0 Å². The maximum absolute atomic E-state index is 11.9. The van der Waals surface area contributed by atoms with E-state index in [2.05, 4.69) is 45.2 Å². The number of amides is 1. The van der Waals surface area contributed by atoms with Gasteiger partial charge in [0.25, 0.3) is 0 Å². The number of hydrogen-bond acceptors (Lipinski definition) is 3. The highest BCUT2D eigenvalue weighted by molar-refractivity contribution is 9.10. The first-order valence-corrected chi connectivity index (χ1v) is 9.29. The van der Waals surface area contributed by atoms with Crippen molar-refractivity contribution >= 4 is 33.6 Å². The van der Waals surface area contributed by atoms with Gasteiger partial charge in [-0.3, -0.25) is 9.69 Å². The number of carbonyl (C=O) groups excluding carboxylic acids is 1. The first-order valence-electron chi connectivity index (χ1n) is 7.51. The normalized spacial score (nSPS) is 16.9. The molecule has 0 atom stereocenters. The second-order valence-electron chi connectivity index (χ2n) is 5.61. The van der Waals surface area contributed by atoms with Crippen LogP contribution in [-0.2, 0) is 4.79 Å². The van der Waals surface area contributed by atoms with Gasteiger partial charge < -0.3 is 5.32 Å². The minimum atomic E-state index is 0.154.